The van der Waals surface area contributed by atoms with Crippen LogP contribution in [-0.2, 0) is 28.6 Å². The lowest BCUT2D eigenvalue weighted by Gasteiger charge is -2.18. The largest absolute Gasteiger partial charge is 0.462 e. The lowest BCUT2D eigenvalue weighted by Crippen LogP contribution is -2.30. The molecule has 6 heteroatoms. The van der Waals surface area contributed by atoms with Crippen LogP contribution < -0.4 is 0 Å². The Bertz CT molecular complexity index is 1550. The summed E-state index contributed by atoms with van der Waals surface area (Å²) in [7, 11) is 0. The van der Waals surface area contributed by atoms with Gasteiger partial charge < -0.3 is 14.2 Å². The van der Waals surface area contributed by atoms with Gasteiger partial charge in [0.25, 0.3) is 0 Å². The first-order valence-corrected chi connectivity index (χ1v) is 28.7. The second-order valence-electron chi connectivity index (χ2n) is 18.4. The number of unbranched alkanes of at least 4 members (excludes halogenated alkanes) is 17. The zero-order valence-corrected chi connectivity index (χ0v) is 45.7. The molecule has 0 bridgehead atoms. The van der Waals surface area contributed by atoms with Crippen LogP contribution >= 0.6 is 0 Å². The van der Waals surface area contributed by atoms with E-state index in [9.17, 15) is 14.4 Å². The molecule has 0 aromatic carbocycles. The van der Waals surface area contributed by atoms with E-state index in [1.165, 1.54) is 51.4 Å². The lowest BCUT2D eigenvalue weighted by atomic mass is 10.1. The topological polar surface area (TPSA) is 78.9 Å². The highest BCUT2D eigenvalue weighted by Gasteiger charge is 2.19. The smallest absolute Gasteiger partial charge is 0.306 e. The summed E-state index contributed by atoms with van der Waals surface area (Å²) in [6.45, 7) is 6.32. The highest BCUT2D eigenvalue weighted by atomic mass is 16.6. The van der Waals surface area contributed by atoms with Crippen LogP contribution in [0.4, 0.5) is 0 Å². The van der Waals surface area contributed by atoms with Crippen LogP contribution in [0, 0.1) is 0 Å². The number of allylic oxidation sites excluding steroid dienone is 22. The minimum absolute atomic E-state index is 0.113. The van der Waals surface area contributed by atoms with Crippen molar-refractivity contribution in [3.63, 3.8) is 0 Å². The fourth-order valence-electron chi connectivity index (χ4n) is 7.37. The van der Waals surface area contributed by atoms with Gasteiger partial charge >= 0.3 is 17.9 Å². The number of ether oxygens (including phenoxy) is 3. The normalized spacial score (nSPS) is 13.1. The third kappa shape index (κ3) is 56.3. The van der Waals surface area contributed by atoms with E-state index in [0.29, 0.717) is 19.3 Å². The fourth-order valence-corrected chi connectivity index (χ4v) is 7.37. The van der Waals surface area contributed by atoms with Crippen molar-refractivity contribution in [2.75, 3.05) is 13.2 Å². The summed E-state index contributed by atoms with van der Waals surface area (Å²) in [4.78, 5) is 38.2. The molecule has 71 heavy (non-hydrogen) atoms. The molecule has 400 valence electrons. The zero-order chi connectivity index (χ0) is 51.4. The predicted octanol–water partition coefficient (Wildman–Crippen LogP) is 19.4. The van der Waals surface area contributed by atoms with Crippen molar-refractivity contribution in [3.8, 4) is 0 Å². The summed E-state index contributed by atoms with van der Waals surface area (Å²) < 4.78 is 16.8. The molecule has 0 aromatic rings. The molecule has 0 aliphatic carbocycles. The maximum absolute atomic E-state index is 12.9. The molecule has 0 amide bonds. The van der Waals surface area contributed by atoms with Gasteiger partial charge in [0.15, 0.2) is 6.10 Å². The Labute approximate surface area is 436 Å². The first-order valence-electron chi connectivity index (χ1n) is 28.7. The number of carbonyl (C=O) groups is 3. The van der Waals surface area contributed by atoms with Crippen molar-refractivity contribution in [1.29, 1.82) is 0 Å². The molecule has 0 aromatic heterocycles. The third-order valence-corrected chi connectivity index (χ3v) is 11.6. The number of esters is 3. The van der Waals surface area contributed by atoms with E-state index in [1.807, 2.05) is 0 Å². The highest BCUT2D eigenvalue weighted by Crippen LogP contribution is 2.13. The molecule has 0 aliphatic heterocycles. The molecule has 0 saturated carbocycles. The van der Waals surface area contributed by atoms with Gasteiger partial charge in [-0.2, -0.15) is 0 Å². The van der Waals surface area contributed by atoms with Crippen LogP contribution in [0.15, 0.2) is 134 Å². The third-order valence-electron chi connectivity index (χ3n) is 11.6. The summed E-state index contributed by atoms with van der Waals surface area (Å²) in [5, 5.41) is 0. The number of carbonyl (C=O) groups excluding carboxylic acids is 3. The Kier molecular flexibility index (Phi) is 54.5. The second kappa shape index (κ2) is 58.1. The van der Waals surface area contributed by atoms with Gasteiger partial charge in [0.1, 0.15) is 13.2 Å². The van der Waals surface area contributed by atoms with Crippen molar-refractivity contribution < 1.29 is 28.6 Å². The maximum Gasteiger partial charge on any atom is 0.306 e. The molecule has 0 heterocycles. The van der Waals surface area contributed by atoms with E-state index >= 15 is 0 Å². The van der Waals surface area contributed by atoms with Gasteiger partial charge in [0.2, 0.25) is 0 Å². The average molecular weight is 982 g/mol. The number of hydrogen-bond donors (Lipinski definition) is 0. The molecule has 0 fully saturated rings. The first kappa shape index (κ1) is 66.6. The van der Waals surface area contributed by atoms with E-state index in [1.54, 1.807) is 0 Å². The quantitative estimate of drug-likeness (QED) is 0.0262. The minimum Gasteiger partial charge on any atom is -0.462 e. The number of rotatable bonds is 50. The molecule has 0 N–H and O–H groups in total. The maximum atomic E-state index is 12.9. The van der Waals surface area contributed by atoms with Crippen LogP contribution in [0.25, 0.3) is 0 Å². The predicted molar refractivity (Wildman–Crippen MR) is 306 cm³/mol. The van der Waals surface area contributed by atoms with Crippen molar-refractivity contribution >= 4 is 17.9 Å². The van der Waals surface area contributed by atoms with E-state index in [-0.39, 0.29) is 37.5 Å². The summed E-state index contributed by atoms with van der Waals surface area (Å²) in [5.41, 5.74) is 0. The highest BCUT2D eigenvalue weighted by molar-refractivity contribution is 5.71. The molecule has 1 unspecified atom stereocenters. The summed E-state index contributed by atoms with van der Waals surface area (Å²) in [6.07, 6.45) is 81.5. The van der Waals surface area contributed by atoms with Gasteiger partial charge in [0, 0.05) is 19.3 Å². The molecular formula is C65H104O6. The Morgan fingerprint density at radius 3 is 0.887 bits per heavy atom. The standard InChI is InChI=1S/C65H104O6/c1-4-7-10-13-16-19-22-25-28-30-31-32-33-35-37-40-43-46-49-52-55-58-64(67)70-61-62(60-69-63(66)57-54-51-48-45-42-39-36-27-24-21-18-15-12-9-6-3)71-65(68)59-56-53-50-47-44-41-38-34-29-26-23-20-17-14-11-8-5-2/h8-9,11-12,17-18,20-22,25-27,29-31,33,35-36,38,41-42,45,62H,4-7,10,13-16,19,23-24,28,32,34,37,39-40,43-44,46-61H2,1-3H3/b11-8-,12-9-,20-17-,21-18-,25-22-,29-26-,31-30-,35-33-,36-27-,41-38-,45-42-. The van der Waals surface area contributed by atoms with Gasteiger partial charge in [-0.1, -0.05) is 219 Å². The summed E-state index contributed by atoms with van der Waals surface area (Å²) in [5.74, 6) is -0.996. The first-order chi connectivity index (χ1) is 35.0. The van der Waals surface area contributed by atoms with Crippen molar-refractivity contribution in [2.24, 2.45) is 0 Å². The minimum atomic E-state index is -0.820. The van der Waals surface area contributed by atoms with Crippen LogP contribution in [0.2, 0.25) is 0 Å². The second-order valence-corrected chi connectivity index (χ2v) is 18.4. The molecule has 6 nitrogen and oxygen atoms in total. The summed E-state index contributed by atoms with van der Waals surface area (Å²) in [6, 6.07) is 0. The molecule has 0 rings (SSSR count). The zero-order valence-electron chi connectivity index (χ0n) is 45.7. The summed E-state index contributed by atoms with van der Waals surface area (Å²) >= 11 is 0. The van der Waals surface area contributed by atoms with E-state index < -0.39 is 6.10 Å². The molecule has 1 atom stereocenters. The Morgan fingerprint density at radius 2 is 0.549 bits per heavy atom. The number of hydrogen-bond acceptors (Lipinski definition) is 6. The Morgan fingerprint density at radius 1 is 0.296 bits per heavy atom. The lowest BCUT2D eigenvalue weighted by molar-refractivity contribution is -0.167. The van der Waals surface area contributed by atoms with Crippen molar-refractivity contribution in [3.05, 3.63) is 134 Å². The van der Waals surface area contributed by atoms with Crippen LogP contribution in [0.3, 0.4) is 0 Å². The SMILES string of the molecule is CC/C=C\C/C=C\C/C=C\C/C=C\CCCCCCC(=O)OC(COC(=O)CCCC/C=C\C/C=C\C/C=C\C/C=C\CC)COC(=O)CCCCCCCC/C=C\C/C=C\C/C=C\CCCCCCC. The van der Waals surface area contributed by atoms with E-state index in [4.69, 9.17) is 14.2 Å². The molecule has 0 saturated heterocycles. The average Bonchev–Trinajstić information content (AvgIpc) is 3.37. The molecule has 0 spiro atoms. The van der Waals surface area contributed by atoms with Gasteiger partial charge in [-0.15, -0.1) is 0 Å². The van der Waals surface area contributed by atoms with Gasteiger partial charge in [-0.3, -0.25) is 14.4 Å². The molecule has 0 aliphatic rings. The van der Waals surface area contributed by atoms with Crippen LogP contribution in [0.5, 0.6) is 0 Å². The van der Waals surface area contributed by atoms with Crippen molar-refractivity contribution in [2.45, 2.75) is 245 Å². The van der Waals surface area contributed by atoms with Gasteiger partial charge in [-0.25, -0.2) is 0 Å². The van der Waals surface area contributed by atoms with Crippen LogP contribution in [0.1, 0.15) is 239 Å². The van der Waals surface area contributed by atoms with Crippen molar-refractivity contribution in [1.82, 2.24) is 0 Å². The Hall–Kier alpha value is -4.45. The Balaban J connectivity index is 4.52. The monoisotopic (exact) mass is 981 g/mol. The molecular weight excluding hydrogens is 877 g/mol. The van der Waals surface area contributed by atoms with E-state index in [2.05, 4.69) is 154 Å². The van der Waals surface area contributed by atoms with Gasteiger partial charge in [-0.05, 0) is 135 Å². The fraction of sp³-hybridized carbons (Fsp3) is 0.615. The molecule has 0 radical (unpaired) electrons. The van der Waals surface area contributed by atoms with E-state index in [0.717, 1.165) is 141 Å². The van der Waals surface area contributed by atoms with Gasteiger partial charge in [0.05, 0.1) is 0 Å². The van der Waals surface area contributed by atoms with Crippen LogP contribution in [-0.4, -0.2) is 37.2 Å².